The van der Waals surface area contributed by atoms with Crippen LogP contribution in [0.25, 0.3) is 0 Å². The van der Waals surface area contributed by atoms with E-state index in [0.29, 0.717) is 17.8 Å². The van der Waals surface area contributed by atoms with Crippen molar-refractivity contribution < 1.29 is 5.11 Å². The number of nitrogen functional groups attached to an aromatic ring is 1. The third kappa shape index (κ3) is 3.18. The standard InChI is InChI=1S/C15H21N3O/c16-9-12-4-5-13(17)14(8-12)18-10-15(11-19)6-2-1-3-7-15/h4-5,8,18-19H,1-3,6-7,10-11,17H2. The molecule has 0 aromatic heterocycles. The van der Waals surface area contributed by atoms with Gasteiger partial charge in [-0.2, -0.15) is 5.26 Å². The predicted molar refractivity (Wildman–Crippen MR) is 76.7 cm³/mol. The Hall–Kier alpha value is -1.73. The van der Waals surface area contributed by atoms with E-state index in [4.69, 9.17) is 11.0 Å². The van der Waals surface area contributed by atoms with E-state index in [-0.39, 0.29) is 12.0 Å². The summed E-state index contributed by atoms with van der Waals surface area (Å²) in [6.07, 6.45) is 5.71. The Bertz CT molecular complexity index is 473. The first-order chi connectivity index (χ1) is 9.19. The number of rotatable bonds is 4. The van der Waals surface area contributed by atoms with Crippen molar-refractivity contribution in [3.63, 3.8) is 0 Å². The fourth-order valence-electron chi connectivity index (χ4n) is 2.75. The van der Waals surface area contributed by atoms with E-state index in [0.717, 1.165) is 18.5 Å². The van der Waals surface area contributed by atoms with Crippen molar-refractivity contribution in [2.75, 3.05) is 24.2 Å². The zero-order valence-corrected chi connectivity index (χ0v) is 11.2. The number of benzene rings is 1. The molecule has 4 N–H and O–H groups in total. The molecule has 0 heterocycles. The summed E-state index contributed by atoms with van der Waals surface area (Å²) in [4.78, 5) is 0. The van der Waals surface area contributed by atoms with E-state index in [1.54, 1.807) is 18.2 Å². The topological polar surface area (TPSA) is 82.1 Å². The summed E-state index contributed by atoms with van der Waals surface area (Å²) < 4.78 is 0. The van der Waals surface area contributed by atoms with Crippen LogP contribution in [0.15, 0.2) is 18.2 Å². The van der Waals surface area contributed by atoms with Gasteiger partial charge in [-0.15, -0.1) is 0 Å². The molecular formula is C15H21N3O. The number of hydrogen-bond donors (Lipinski definition) is 3. The van der Waals surface area contributed by atoms with E-state index >= 15 is 0 Å². The molecule has 4 nitrogen and oxygen atoms in total. The SMILES string of the molecule is N#Cc1ccc(N)c(NCC2(CO)CCCCC2)c1. The van der Waals surface area contributed by atoms with E-state index < -0.39 is 0 Å². The van der Waals surface area contributed by atoms with E-state index in [9.17, 15) is 5.11 Å². The number of hydrogen-bond acceptors (Lipinski definition) is 4. The summed E-state index contributed by atoms with van der Waals surface area (Å²) in [5.41, 5.74) is 7.90. The van der Waals surface area contributed by atoms with Crippen LogP contribution in [0.3, 0.4) is 0 Å². The molecule has 102 valence electrons. The van der Waals surface area contributed by atoms with Gasteiger partial charge in [0, 0.05) is 12.0 Å². The largest absolute Gasteiger partial charge is 0.397 e. The fourth-order valence-corrected chi connectivity index (χ4v) is 2.75. The normalized spacial score (nSPS) is 17.7. The van der Waals surface area contributed by atoms with E-state index in [1.807, 2.05) is 0 Å². The second-order valence-electron chi connectivity index (χ2n) is 5.49. The Balaban J connectivity index is 2.07. The molecule has 1 aliphatic rings. The van der Waals surface area contributed by atoms with Gasteiger partial charge in [-0.1, -0.05) is 19.3 Å². The maximum absolute atomic E-state index is 9.67. The molecule has 1 fully saturated rings. The Kier molecular flexibility index (Phi) is 4.28. The molecule has 0 saturated heterocycles. The zero-order chi connectivity index (χ0) is 13.7. The van der Waals surface area contributed by atoms with E-state index in [2.05, 4.69) is 11.4 Å². The molecule has 19 heavy (non-hydrogen) atoms. The zero-order valence-electron chi connectivity index (χ0n) is 11.2. The van der Waals surface area contributed by atoms with Crippen LogP contribution in [-0.4, -0.2) is 18.3 Å². The predicted octanol–water partition coefficient (Wildman–Crippen LogP) is 2.50. The van der Waals surface area contributed by atoms with Gasteiger partial charge in [-0.05, 0) is 31.0 Å². The summed E-state index contributed by atoms with van der Waals surface area (Å²) in [5, 5.41) is 21.9. The van der Waals surface area contributed by atoms with Gasteiger partial charge in [0.15, 0.2) is 0 Å². The molecule has 0 atom stereocenters. The third-order valence-electron chi connectivity index (χ3n) is 4.09. The number of aliphatic hydroxyl groups is 1. The van der Waals surface area contributed by atoms with Gasteiger partial charge in [0.1, 0.15) is 0 Å². The van der Waals surface area contributed by atoms with Crippen molar-refractivity contribution in [3.8, 4) is 6.07 Å². The van der Waals surface area contributed by atoms with Gasteiger partial charge >= 0.3 is 0 Å². The third-order valence-corrected chi connectivity index (χ3v) is 4.09. The average Bonchev–Trinajstić information content (AvgIpc) is 2.47. The minimum absolute atomic E-state index is 0.0344. The van der Waals surface area contributed by atoms with Crippen LogP contribution >= 0.6 is 0 Å². The van der Waals surface area contributed by atoms with Crippen molar-refractivity contribution in [1.29, 1.82) is 5.26 Å². The molecule has 1 saturated carbocycles. The van der Waals surface area contributed by atoms with Gasteiger partial charge in [0.05, 0.1) is 29.6 Å². The van der Waals surface area contributed by atoms with Crippen LogP contribution < -0.4 is 11.1 Å². The van der Waals surface area contributed by atoms with Crippen molar-refractivity contribution >= 4 is 11.4 Å². The molecule has 0 aliphatic heterocycles. The van der Waals surface area contributed by atoms with E-state index in [1.165, 1.54) is 19.3 Å². The molecule has 0 unspecified atom stereocenters. The first kappa shape index (κ1) is 13.7. The number of nitrogens with zero attached hydrogens (tertiary/aromatic N) is 1. The molecule has 1 aliphatic carbocycles. The van der Waals surface area contributed by atoms with Gasteiger partial charge in [-0.3, -0.25) is 0 Å². The Labute approximate surface area is 114 Å². The molecular weight excluding hydrogens is 238 g/mol. The summed E-state index contributed by atoms with van der Waals surface area (Å²) >= 11 is 0. The lowest BCUT2D eigenvalue weighted by molar-refractivity contribution is 0.0944. The number of nitriles is 1. The van der Waals surface area contributed by atoms with Crippen LogP contribution in [0, 0.1) is 16.7 Å². The van der Waals surface area contributed by atoms with Crippen molar-refractivity contribution in [2.24, 2.45) is 5.41 Å². The second-order valence-corrected chi connectivity index (χ2v) is 5.49. The second kappa shape index (κ2) is 5.94. The highest BCUT2D eigenvalue weighted by Crippen LogP contribution is 2.36. The fraction of sp³-hybridized carbons (Fsp3) is 0.533. The molecule has 2 rings (SSSR count). The summed E-state index contributed by atoms with van der Waals surface area (Å²) in [7, 11) is 0. The number of nitrogens with one attached hydrogen (secondary N) is 1. The Morgan fingerprint density at radius 1 is 1.32 bits per heavy atom. The maximum atomic E-state index is 9.67. The summed E-state index contributed by atoms with van der Waals surface area (Å²) in [5.74, 6) is 0. The van der Waals surface area contributed by atoms with Crippen molar-refractivity contribution in [3.05, 3.63) is 23.8 Å². The van der Waals surface area contributed by atoms with Crippen LogP contribution in [0.5, 0.6) is 0 Å². The maximum Gasteiger partial charge on any atom is 0.0992 e. The van der Waals surface area contributed by atoms with Gasteiger partial charge < -0.3 is 16.2 Å². The highest BCUT2D eigenvalue weighted by atomic mass is 16.3. The molecule has 1 aromatic rings. The van der Waals surface area contributed by atoms with Crippen molar-refractivity contribution in [1.82, 2.24) is 0 Å². The monoisotopic (exact) mass is 259 g/mol. The molecule has 0 radical (unpaired) electrons. The van der Waals surface area contributed by atoms with Gasteiger partial charge in [0.2, 0.25) is 0 Å². The summed E-state index contributed by atoms with van der Waals surface area (Å²) in [6.45, 7) is 0.917. The summed E-state index contributed by atoms with van der Waals surface area (Å²) in [6, 6.07) is 7.33. The number of nitrogens with two attached hydrogens (primary N) is 1. The Morgan fingerprint density at radius 3 is 2.68 bits per heavy atom. The lowest BCUT2D eigenvalue weighted by Crippen LogP contribution is -2.35. The van der Waals surface area contributed by atoms with Crippen molar-refractivity contribution in [2.45, 2.75) is 32.1 Å². The quantitative estimate of drug-likeness (QED) is 0.725. The highest BCUT2D eigenvalue weighted by molar-refractivity contribution is 5.68. The molecule has 0 bridgehead atoms. The van der Waals surface area contributed by atoms with Crippen LogP contribution in [0.2, 0.25) is 0 Å². The molecule has 0 spiro atoms. The smallest absolute Gasteiger partial charge is 0.0992 e. The first-order valence-electron chi connectivity index (χ1n) is 6.83. The lowest BCUT2D eigenvalue weighted by atomic mass is 9.74. The van der Waals surface area contributed by atoms with Crippen LogP contribution in [-0.2, 0) is 0 Å². The van der Waals surface area contributed by atoms with Gasteiger partial charge in [0.25, 0.3) is 0 Å². The lowest BCUT2D eigenvalue weighted by Gasteiger charge is -2.36. The minimum atomic E-state index is -0.0344. The van der Waals surface area contributed by atoms with Gasteiger partial charge in [-0.25, -0.2) is 0 Å². The van der Waals surface area contributed by atoms with Crippen LogP contribution in [0.1, 0.15) is 37.7 Å². The first-order valence-corrected chi connectivity index (χ1v) is 6.83. The molecule has 0 amide bonds. The number of aliphatic hydroxyl groups excluding tert-OH is 1. The highest BCUT2D eigenvalue weighted by Gasteiger charge is 2.31. The number of anilines is 2. The average molecular weight is 259 g/mol. The van der Waals surface area contributed by atoms with Crippen LogP contribution in [0.4, 0.5) is 11.4 Å². The molecule has 4 heteroatoms. The Morgan fingerprint density at radius 2 is 2.05 bits per heavy atom. The minimum Gasteiger partial charge on any atom is -0.397 e. The molecule has 1 aromatic carbocycles.